The van der Waals surface area contributed by atoms with Gasteiger partial charge in [-0.2, -0.15) is 0 Å². The minimum Gasteiger partial charge on any atom is -0.335 e. The Labute approximate surface area is 73.6 Å². The largest absolute Gasteiger partial charge is 0.335 e. The summed E-state index contributed by atoms with van der Waals surface area (Å²) in [6.45, 7) is 6.10. The minimum atomic E-state index is 0.185. The van der Waals surface area contributed by atoms with E-state index in [0.717, 1.165) is 17.9 Å². The quantitative estimate of drug-likeness (QED) is 0.712. The van der Waals surface area contributed by atoms with Gasteiger partial charge in [0.05, 0.1) is 5.69 Å². The maximum absolute atomic E-state index is 5.70. The predicted octanol–water partition coefficient (Wildman–Crippen LogP) is 0.927. The van der Waals surface area contributed by atoms with Crippen molar-refractivity contribution in [1.82, 2.24) is 9.55 Å². The van der Waals surface area contributed by atoms with E-state index in [0.29, 0.717) is 0 Å². The Bertz CT molecular complexity index is 274. The van der Waals surface area contributed by atoms with E-state index in [1.54, 1.807) is 0 Å². The molecule has 68 valence electrons. The molecule has 0 fully saturated rings. The number of hydrogen-bond donors (Lipinski definition) is 1. The van der Waals surface area contributed by atoms with Crippen LogP contribution in [0.15, 0.2) is 0 Å². The van der Waals surface area contributed by atoms with E-state index >= 15 is 0 Å². The van der Waals surface area contributed by atoms with Crippen LogP contribution >= 0.6 is 0 Å². The van der Waals surface area contributed by atoms with E-state index in [1.165, 1.54) is 5.69 Å². The summed E-state index contributed by atoms with van der Waals surface area (Å²) in [7, 11) is 2.03. The molecule has 3 heteroatoms. The molecule has 0 radical (unpaired) electrons. The van der Waals surface area contributed by atoms with E-state index < -0.39 is 0 Å². The molecule has 0 amide bonds. The molecule has 2 N–H and O–H groups in total. The Balaban J connectivity index is 2.93. The summed E-state index contributed by atoms with van der Waals surface area (Å²) in [6, 6.07) is 0.185. The molecule has 1 heterocycles. The van der Waals surface area contributed by atoms with Gasteiger partial charge in [-0.25, -0.2) is 4.98 Å². The van der Waals surface area contributed by atoms with Crippen molar-refractivity contribution >= 4 is 0 Å². The SMILES string of the molecule is Cc1nc(CC(C)N)n(C)c1C. The van der Waals surface area contributed by atoms with E-state index in [9.17, 15) is 0 Å². The molecule has 1 aromatic rings. The first kappa shape index (κ1) is 9.26. The smallest absolute Gasteiger partial charge is 0.110 e. The summed E-state index contributed by atoms with van der Waals surface area (Å²) in [6.07, 6.45) is 0.852. The van der Waals surface area contributed by atoms with Crippen molar-refractivity contribution in [3.05, 3.63) is 17.2 Å². The summed E-state index contributed by atoms with van der Waals surface area (Å²) in [5.74, 6) is 1.08. The normalized spacial score (nSPS) is 13.4. The molecule has 0 bridgehead atoms. The van der Waals surface area contributed by atoms with Crippen molar-refractivity contribution < 1.29 is 0 Å². The van der Waals surface area contributed by atoms with Crippen LogP contribution in [0.4, 0.5) is 0 Å². The number of hydrogen-bond acceptors (Lipinski definition) is 2. The van der Waals surface area contributed by atoms with Crippen molar-refractivity contribution in [3.8, 4) is 0 Å². The second-order valence-electron chi connectivity index (χ2n) is 3.44. The summed E-state index contributed by atoms with van der Waals surface area (Å²) in [4.78, 5) is 4.43. The van der Waals surface area contributed by atoms with Gasteiger partial charge in [0.25, 0.3) is 0 Å². The summed E-state index contributed by atoms with van der Waals surface area (Å²) >= 11 is 0. The molecule has 0 aliphatic heterocycles. The molecule has 0 aliphatic rings. The molecule has 0 aromatic carbocycles. The first-order valence-electron chi connectivity index (χ1n) is 4.26. The van der Waals surface area contributed by atoms with Crippen LogP contribution in [0.3, 0.4) is 0 Å². The van der Waals surface area contributed by atoms with Crippen LogP contribution < -0.4 is 5.73 Å². The fourth-order valence-electron chi connectivity index (χ4n) is 1.26. The van der Waals surface area contributed by atoms with Gasteiger partial charge in [-0.05, 0) is 20.8 Å². The van der Waals surface area contributed by atoms with Crippen LogP contribution in [-0.4, -0.2) is 15.6 Å². The highest BCUT2D eigenvalue weighted by molar-refractivity contribution is 5.14. The number of aromatic nitrogens is 2. The Morgan fingerprint density at radius 2 is 2.08 bits per heavy atom. The number of imidazole rings is 1. The lowest BCUT2D eigenvalue weighted by molar-refractivity contribution is 0.666. The Morgan fingerprint density at radius 1 is 1.50 bits per heavy atom. The maximum Gasteiger partial charge on any atom is 0.110 e. The third-order valence-electron chi connectivity index (χ3n) is 2.22. The van der Waals surface area contributed by atoms with E-state index in [1.807, 2.05) is 20.9 Å². The van der Waals surface area contributed by atoms with Gasteiger partial charge in [0.15, 0.2) is 0 Å². The molecular formula is C9H17N3. The van der Waals surface area contributed by atoms with Gasteiger partial charge in [0, 0.05) is 25.2 Å². The minimum absolute atomic E-state index is 0.185. The van der Waals surface area contributed by atoms with Gasteiger partial charge in [-0.3, -0.25) is 0 Å². The van der Waals surface area contributed by atoms with Crippen LogP contribution in [0.2, 0.25) is 0 Å². The van der Waals surface area contributed by atoms with Crippen LogP contribution in [0.5, 0.6) is 0 Å². The summed E-state index contributed by atoms with van der Waals surface area (Å²) < 4.78 is 2.11. The highest BCUT2D eigenvalue weighted by Crippen LogP contribution is 2.08. The second kappa shape index (κ2) is 3.27. The molecule has 0 aliphatic carbocycles. The third-order valence-corrected chi connectivity index (χ3v) is 2.22. The van der Waals surface area contributed by atoms with Gasteiger partial charge < -0.3 is 10.3 Å². The van der Waals surface area contributed by atoms with Crippen LogP contribution in [0.1, 0.15) is 24.1 Å². The lowest BCUT2D eigenvalue weighted by Gasteiger charge is -2.05. The van der Waals surface area contributed by atoms with Crippen molar-refractivity contribution in [3.63, 3.8) is 0 Å². The van der Waals surface area contributed by atoms with E-state index in [2.05, 4.69) is 16.5 Å². The van der Waals surface area contributed by atoms with Crippen LogP contribution in [-0.2, 0) is 13.5 Å². The molecule has 3 nitrogen and oxygen atoms in total. The standard InChI is InChI=1S/C9H17N3/c1-6(10)5-9-11-7(2)8(3)12(9)4/h6H,5,10H2,1-4H3. The number of rotatable bonds is 2. The number of aryl methyl sites for hydroxylation is 1. The first-order valence-corrected chi connectivity index (χ1v) is 4.26. The van der Waals surface area contributed by atoms with Crippen molar-refractivity contribution in [2.45, 2.75) is 33.2 Å². The molecule has 1 unspecified atom stereocenters. The maximum atomic E-state index is 5.70. The Morgan fingerprint density at radius 3 is 2.42 bits per heavy atom. The van der Waals surface area contributed by atoms with E-state index in [4.69, 9.17) is 5.73 Å². The monoisotopic (exact) mass is 167 g/mol. The average Bonchev–Trinajstić information content (AvgIpc) is 2.17. The molecule has 0 saturated carbocycles. The number of nitrogens with two attached hydrogens (primary N) is 1. The van der Waals surface area contributed by atoms with Crippen molar-refractivity contribution in [2.75, 3.05) is 0 Å². The summed E-state index contributed by atoms with van der Waals surface area (Å²) in [5.41, 5.74) is 8.03. The van der Waals surface area contributed by atoms with E-state index in [-0.39, 0.29) is 6.04 Å². The molecular weight excluding hydrogens is 150 g/mol. The van der Waals surface area contributed by atoms with Gasteiger partial charge in [-0.15, -0.1) is 0 Å². The third kappa shape index (κ3) is 1.67. The first-order chi connectivity index (χ1) is 5.52. The predicted molar refractivity (Wildman–Crippen MR) is 50.0 cm³/mol. The Kier molecular flexibility index (Phi) is 2.52. The van der Waals surface area contributed by atoms with Gasteiger partial charge in [0.1, 0.15) is 5.82 Å². The van der Waals surface area contributed by atoms with Gasteiger partial charge >= 0.3 is 0 Å². The van der Waals surface area contributed by atoms with Crippen molar-refractivity contribution in [2.24, 2.45) is 12.8 Å². The lowest BCUT2D eigenvalue weighted by atomic mass is 10.2. The zero-order chi connectivity index (χ0) is 9.30. The molecule has 0 saturated heterocycles. The molecule has 12 heavy (non-hydrogen) atoms. The zero-order valence-electron chi connectivity index (χ0n) is 8.26. The fourth-order valence-corrected chi connectivity index (χ4v) is 1.26. The second-order valence-corrected chi connectivity index (χ2v) is 3.44. The summed E-state index contributed by atoms with van der Waals surface area (Å²) in [5, 5.41) is 0. The molecule has 1 aromatic heterocycles. The lowest BCUT2D eigenvalue weighted by Crippen LogP contribution is -2.20. The number of nitrogens with zero attached hydrogens (tertiary/aromatic N) is 2. The topological polar surface area (TPSA) is 43.8 Å². The highest BCUT2D eigenvalue weighted by atomic mass is 15.1. The Hall–Kier alpha value is -0.830. The van der Waals surface area contributed by atoms with Crippen LogP contribution in [0, 0.1) is 13.8 Å². The van der Waals surface area contributed by atoms with Crippen molar-refractivity contribution in [1.29, 1.82) is 0 Å². The van der Waals surface area contributed by atoms with Gasteiger partial charge in [-0.1, -0.05) is 0 Å². The molecule has 1 rings (SSSR count). The van der Waals surface area contributed by atoms with Gasteiger partial charge in [0.2, 0.25) is 0 Å². The highest BCUT2D eigenvalue weighted by Gasteiger charge is 2.08. The fraction of sp³-hybridized carbons (Fsp3) is 0.667. The van der Waals surface area contributed by atoms with Crippen LogP contribution in [0.25, 0.3) is 0 Å². The molecule has 0 spiro atoms. The molecule has 1 atom stereocenters. The average molecular weight is 167 g/mol. The zero-order valence-corrected chi connectivity index (χ0v) is 8.26.